The molecule has 1 heterocycles. The number of carboxylic acid groups (broad SMARTS) is 1. The maximum atomic E-state index is 13.9. The third kappa shape index (κ3) is 6.72. The van der Waals surface area contributed by atoms with Crippen molar-refractivity contribution >= 4 is 29.3 Å². The van der Waals surface area contributed by atoms with Gasteiger partial charge in [0.15, 0.2) is 0 Å². The number of benzene rings is 2. The number of amides is 3. The number of rotatable bonds is 9. The molecule has 39 heavy (non-hydrogen) atoms. The van der Waals surface area contributed by atoms with E-state index in [4.69, 9.17) is 5.11 Å². The second-order valence-corrected chi connectivity index (χ2v) is 11.3. The first-order valence-corrected chi connectivity index (χ1v) is 13.5. The average Bonchev–Trinajstić information content (AvgIpc) is 3.15. The minimum absolute atomic E-state index is 0. The van der Waals surface area contributed by atoms with E-state index in [1.165, 1.54) is 0 Å². The zero-order chi connectivity index (χ0) is 27.4. The third-order valence-corrected chi connectivity index (χ3v) is 8.25. The van der Waals surface area contributed by atoms with Gasteiger partial charge in [-0.3, -0.25) is 14.5 Å². The van der Waals surface area contributed by atoms with E-state index in [9.17, 15) is 14.4 Å². The van der Waals surface area contributed by atoms with Crippen molar-refractivity contribution in [2.75, 3.05) is 37.0 Å². The number of aliphatic carboxylic acids is 1. The monoisotopic (exact) mass is 536 g/mol. The van der Waals surface area contributed by atoms with E-state index in [2.05, 4.69) is 24.1 Å². The topological polar surface area (TPSA) is 93.2 Å². The van der Waals surface area contributed by atoms with E-state index < -0.39 is 5.97 Å². The highest BCUT2D eigenvalue weighted by molar-refractivity contribution is 5.96. The van der Waals surface area contributed by atoms with Crippen LogP contribution in [-0.4, -0.2) is 60.6 Å². The van der Waals surface area contributed by atoms with Crippen molar-refractivity contribution in [2.45, 2.75) is 65.5 Å². The Kier molecular flexibility index (Phi) is 9.64. The number of carbonyl (C=O) groups excluding carboxylic acids is 2. The van der Waals surface area contributed by atoms with Crippen LogP contribution in [0.3, 0.4) is 0 Å². The molecule has 212 valence electrons. The largest absolute Gasteiger partial charge is 0.481 e. The Morgan fingerprint density at radius 3 is 2.21 bits per heavy atom. The van der Waals surface area contributed by atoms with Gasteiger partial charge >= 0.3 is 12.0 Å². The van der Waals surface area contributed by atoms with E-state index in [0.717, 1.165) is 42.6 Å². The van der Waals surface area contributed by atoms with Crippen LogP contribution < -0.4 is 15.1 Å². The molecule has 2 aromatic rings. The molecule has 2 aliphatic rings. The Morgan fingerprint density at radius 2 is 1.67 bits per heavy atom. The van der Waals surface area contributed by atoms with Crippen molar-refractivity contribution in [1.29, 1.82) is 0 Å². The minimum atomic E-state index is -0.949. The van der Waals surface area contributed by atoms with Crippen molar-refractivity contribution < 1.29 is 19.5 Å². The number of anilines is 2. The Morgan fingerprint density at radius 1 is 1.05 bits per heavy atom. The number of carbonyl (C=O) groups is 3. The van der Waals surface area contributed by atoms with Crippen molar-refractivity contribution in [3.05, 3.63) is 59.7 Å². The van der Waals surface area contributed by atoms with Crippen LogP contribution in [0.1, 0.15) is 69.3 Å². The number of nitrogens with zero attached hydrogens (tertiary/aromatic N) is 3. The van der Waals surface area contributed by atoms with Gasteiger partial charge in [-0.2, -0.15) is 0 Å². The second kappa shape index (κ2) is 12.5. The molecular formula is C31H44N4O4. The summed E-state index contributed by atoms with van der Waals surface area (Å²) in [5.74, 6) is 0.0764. The molecule has 0 atom stereocenters. The maximum Gasteiger partial charge on any atom is 0.325 e. The second-order valence-electron chi connectivity index (χ2n) is 11.3. The van der Waals surface area contributed by atoms with Gasteiger partial charge in [0.25, 0.3) is 5.91 Å². The number of urea groups is 1. The summed E-state index contributed by atoms with van der Waals surface area (Å²) in [4.78, 5) is 43.0. The predicted molar refractivity (Wildman–Crippen MR) is 156 cm³/mol. The van der Waals surface area contributed by atoms with Gasteiger partial charge in [-0.05, 0) is 79.5 Å². The molecule has 4 rings (SSSR count). The number of carboxylic acids is 1. The Balaban J connectivity index is 0.00000420. The third-order valence-electron chi connectivity index (χ3n) is 8.25. The highest BCUT2D eigenvalue weighted by Crippen LogP contribution is 2.45. The predicted octanol–water partition coefficient (Wildman–Crippen LogP) is 5.62. The molecule has 8 nitrogen and oxygen atoms in total. The fourth-order valence-electron chi connectivity index (χ4n) is 5.76. The highest BCUT2D eigenvalue weighted by atomic mass is 16.4. The van der Waals surface area contributed by atoms with Crippen LogP contribution in [0.15, 0.2) is 48.5 Å². The smallest absolute Gasteiger partial charge is 0.325 e. The van der Waals surface area contributed by atoms with E-state index in [0.29, 0.717) is 30.5 Å². The number of nitrogens with one attached hydrogen (secondary N) is 1. The lowest BCUT2D eigenvalue weighted by Crippen LogP contribution is -2.49. The lowest BCUT2D eigenvalue weighted by molar-refractivity contribution is -0.136. The standard InChI is InChI=1S/C30H40N4O4.CH4/c1-21(2)23-13-16-30(17-14-23)20-33(26-11-9-25(10-12-26)32(3)4)29(38)34(30)19-22-5-7-24(8-6-22)28(37)31-18-15-27(35)36;/h5-12,21,23H,13-20H2,1-4H3,(H,31,37)(H,35,36);1H4. The van der Waals surface area contributed by atoms with Crippen molar-refractivity contribution in [1.82, 2.24) is 10.2 Å². The molecule has 0 aromatic heterocycles. The van der Waals surface area contributed by atoms with Crippen molar-refractivity contribution in [2.24, 2.45) is 11.8 Å². The van der Waals surface area contributed by atoms with E-state index in [-0.39, 0.29) is 37.9 Å². The van der Waals surface area contributed by atoms with Gasteiger partial charge in [0, 0.05) is 44.1 Å². The summed E-state index contributed by atoms with van der Waals surface area (Å²) in [6, 6.07) is 15.5. The summed E-state index contributed by atoms with van der Waals surface area (Å²) in [6.45, 7) is 5.83. The fraction of sp³-hybridized carbons (Fsp3) is 0.516. The van der Waals surface area contributed by atoms with Gasteiger partial charge in [-0.1, -0.05) is 33.4 Å². The first-order chi connectivity index (χ1) is 18.1. The van der Waals surface area contributed by atoms with Gasteiger partial charge in [0.05, 0.1) is 18.5 Å². The molecule has 2 fully saturated rings. The lowest BCUT2D eigenvalue weighted by Gasteiger charge is -2.43. The molecule has 1 spiro atoms. The van der Waals surface area contributed by atoms with E-state index in [1.807, 2.05) is 60.3 Å². The molecule has 1 aliphatic heterocycles. The molecule has 0 bridgehead atoms. The molecule has 2 aromatic carbocycles. The highest BCUT2D eigenvalue weighted by Gasteiger charge is 2.51. The lowest BCUT2D eigenvalue weighted by atomic mass is 9.72. The van der Waals surface area contributed by atoms with Crippen LogP contribution in [0, 0.1) is 11.8 Å². The Labute approximate surface area is 233 Å². The molecule has 1 saturated carbocycles. The summed E-state index contributed by atoms with van der Waals surface area (Å²) in [6.07, 6.45) is 4.08. The van der Waals surface area contributed by atoms with Crippen LogP contribution in [0.25, 0.3) is 0 Å². The summed E-state index contributed by atoms with van der Waals surface area (Å²) in [5.41, 5.74) is 3.24. The fourth-order valence-corrected chi connectivity index (χ4v) is 5.76. The molecule has 0 unspecified atom stereocenters. The Hall–Kier alpha value is -3.55. The zero-order valence-electron chi connectivity index (χ0n) is 22.9. The molecular weight excluding hydrogens is 492 g/mol. The number of hydrogen-bond donors (Lipinski definition) is 2. The van der Waals surface area contributed by atoms with Crippen LogP contribution >= 0.6 is 0 Å². The summed E-state index contributed by atoms with van der Waals surface area (Å²) in [5, 5.41) is 11.4. The first-order valence-electron chi connectivity index (χ1n) is 13.5. The number of hydrogen-bond acceptors (Lipinski definition) is 4. The van der Waals surface area contributed by atoms with E-state index in [1.54, 1.807) is 12.1 Å². The summed E-state index contributed by atoms with van der Waals surface area (Å²) < 4.78 is 0. The van der Waals surface area contributed by atoms with Gasteiger partial charge < -0.3 is 20.2 Å². The SMILES string of the molecule is C.CC(C)C1CCC2(CC1)CN(c1ccc(N(C)C)cc1)C(=O)N2Cc1ccc(C(=O)NCCC(=O)O)cc1. The molecule has 3 amide bonds. The molecule has 0 radical (unpaired) electrons. The van der Waals surface area contributed by atoms with Crippen LogP contribution in [0.5, 0.6) is 0 Å². The van der Waals surface area contributed by atoms with Crippen molar-refractivity contribution in [3.8, 4) is 0 Å². The quantitative estimate of drug-likeness (QED) is 0.434. The summed E-state index contributed by atoms with van der Waals surface area (Å²) in [7, 11) is 4.01. The van der Waals surface area contributed by atoms with Crippen LogP contribution in [0.4, 0.5) is 16.2 Å². The van der Waals surface area contributed by atoms with Crippen LogP contribution in [-0.2, 0) is 11.3 Å². The first kappa shape index (κ1) is 30.0. The zero-order valence-corrected chi connectivity index (χ0v) is 22.9. The molecule has 8 heteroatoms. The molecule has 1 aliphatic carbocycles. The van der Waals surface area contributed by atoms with Gasteiger partial charge in [0.1, 0.15) is 0 Å². The van der Waals surface area contributed by atoms with Gasteiger partial charge in [-0.25, -0.2) is 4.79 Å². The van der Waals surface area contributed by atoms with Gasteiger partial charge in [0.2, 0.25) is 0 Å². The maximum absolute atomic E-state index is 13.9. The van der Waals surface area contributed by atoms with Gasteiger partial charge in [-0.15, -0.1) is 0 Å². The summed E-state index contributed by atoms with van der Waals surface area (Å²) >= 11 is 0. The molecule has 2 N–H and O–H groups in total. The minimum Gasteiger partial charge on any atom is -0.481 e. The van der Waals surface area contributed by atoms with E-state index >= 15 is 0 Å². The normalized spacial score (nSPS) is 20.7. The van der Waals surface area contributed by atoms with Crippen LogP contribution in [0.2, 0.25) is 0 Å². The Bertz CT molecular complexity index is 1140. The average molecular weight is 537 g/mol. The van der Waals surface area contributed by atoms with Crippen molar-refractivity contribution in [3.63, 3.8) is 0 Å². The molecule has 1 saturated heterocycles.